The number of carbonyl (C=O) groups excluding carboxylic acids is 1. The van der Waals surface area contributed by atoms with E-state index in [-0.39, 0.29) is 5.75 Å². The van der Waals surface area contributed by atoms with Gasteiger partial charge in [0.1, 0.15) is 0 Å². The monoisotopic (exact) mass is 460 g/mol. The minimum absolute atomic E-state index is 0.201. The molecule has 3 aromatic rings. The van der Waals surface area contributed by atoms with E-state index in [1.54, 1.807) is 12.3 Å². The third kappa shape index (κ3) is 5.66. The minimum atomic E-state index is -0.508. The van der Waals surface area contributed by atoms with Gasteiger partial charge in [-0.25, -0.2) is 4.39 Å². The van der Waals surface area contributed by atoms with E-state index in [2.05, 4.69) is 32.5 Å². The lowest BCUT2D eigenvalue weighted by atomic mass is 9.92. The molecule has 0 saturated carbocycles. The van der Waals surface area contributed by atoms with E-state index >= 15 is 0 Å². The number of benzene rings is 2. The summed E-state index contributed by atoms with van der Waals surface area (Å²) in [4.78, 5) is 16.2. The number of methoxy groups -OCH3 is 1. The predicted octanol–water partition coefficient (Wildman–Crippen LogP) is 5.51. The van der Waals surface area contributed by atoms with Gasteiger partial charge in [-0.2, -0.15) is 0 Å². The standard InChI is InChI=1S/C27H26FN2O2P/c1-5-7-11-22(24-14-21(33)15-25(28)27(24)32-4)23-13-19(16-29-17(23)3)18-9-8-10-20(12-18)30-26(31)6-2/h2,8-16H,5,7,33H2,1,3-4H3,(H,30,31)/b22-11+. The van der Waals surface area contributed by atoms with Gasteiger partial charge in [-0.3, -0.25) is 9.78 Å². The van der Waals surface area contributed by atoms with Crippen molar-refractivity contribution in [2.24, 2.45) is 0 Å². The number of aryl methyl sites for hydroxylation is 1. The molecule has 1 unspecified atom stereocenters. The molecule has 3 rings (SSSR count). The molecule has 1 atom stereocenters. The fourth-order valence-electron chi connectivity index (χ4n) is 3.58. The molecule has 1 amide bonds. The van der Waals surface area contributed by atoms with Crippen LogP contribution in [0.3, 0.4) is 0 Å². The lowest BCUT2D eigenvalue weighted by Gasteiger charge is -2.17. The fourth-order valence-corrected chi connectivity index (χ4v) is 3.90. The number of nitrogens with zero attached hydrogens (tertiary/aromatic N) is 1. The second-order valence-electron chi connectivity index (χ2n) is 7.53. The summed E-state index contributed by atoms with van der Waals surface area (Å²) in [6.07, 6.45) is 10.8. The van der Waals surface area contributed by atoms with Gasteiger partial charge >= 0.3 is 0 Å². The summed E-state index contributed by atoms with van der Waals surface area (Å²) in [7, 11) is 4.02. The molecule has 168 valence electrons. The van der Waals surface area contributed by atoms with E-state index in [0.29, 0.717) is 11.3 Å². The van der Waals surface area contributed by atoms with Gasteiger partial charge in [0.15, 0.2) is 11.6 Å². The molecule has 33 heavy (non-hydrogen) atoms. The van der Waals surface area contributed by atoms with Crippen LogP contribution in [0.15, 0.2) is 54.7 Å². The molecular weight excluding hydrogens is 434 g/mol. The summed E-state index contributed by atoms with van der Waals surface area (Å²) in [5, 5.41) is 3.39. The van der Waals surface area contributed by atoms with Crippen molar-refractivity contribution in [3.63, 3.8) is 0 Å². The first-order valence-electron chi connectivity index (χ1n) is 10.6. The number of nitrogens with one attached hydrogen (secondary N) is 1. The number of rotatable bonds is 7. The van der Waals surface area contributed by atoms with E-state index < -0.39 is 11.7 Å². The number of aromatic nitrogens is 1. The van der Waals surface area contributed by atoms with Crippen molar-refractivity contribution in [1.82, 2.24) is 4.98 Å². The van der Waals surface area contributed by atoms with E-state index in [0.717, 1.165) is 46.1 Å². The summed E-state index contributed by atoms with van der Waals surface area (Å²) in [6, 6.07) is 12.7. The largest absolute Gasteiger partial charge is 0.493 e. The first-order chi connectivity index (χ1) is 15.9. The van der Waals surface area contributed by atoms with Crippen molar-refractivity contribution in [2.45, 2.75) is 26.7 Å². The van der Waals surface area contributed by atoms with Gasteiger partial charge in [0.2, 0.25) is 0 Å². The number of anilines is 1. The lowest BCUT2D eigenvalue weighted by molar-refractivity contribution is -0.111. The summed E-state index contributed by atoms with van der Waals surface area (Å²) in [6.45, 7) is 4.02. The summed E-state index contributed by atoms with van der Waals surface area (Å²) in [5.74, 6) is 1.33. The van der Waals surface area contributed by atoms with Gasteiger partial charge in [-0.05, 0) is 66.0 Å². The average Bonchev–Trinajstić information content (AvgIpc) is 2.80. The molecule has 0 aliphatic rings. The molecule has 2 aromatic carbocycles. The van der Waals surface area contributed by atoms with E-state index in [9.17, 15) is 9.18 Å². The summed E-state index contributed by atoms with van der Waals surface area (Å²) >= 11 is 0. The molecule has 1 heterocycles. The minimum Gasteiger partial charge on any atom is -0.493 e. The molecule has 0 aliphatic carbocycles. The number of hydrogen-bond acceptors (Lipinski definition) is 3. The molecule has 1 aromatic heterocycles. The highest BCUT2D eigenvalue weighted by Gasteiger charge is 2.18. The highest BCUT2D eigenvalue weighted by atomic mass is 31.0. The van der Waals surface area contributed by atoms with Crippen LogP contribution in [0.5, 0.6) is 5.75 Å². The number of ether oxygens (including phenoxy) is 1. The number of terminal acetylenes is 1. The van der Waals surface area contributed by atoms with Crippen LogP contribution in [0.4, 0.5) is 10.1 Å². The smallest absolute Gasteiger partial charge is 0.300 e. The number of halogens is 1. The van der Waals surface area contributed by atoms with Crippen LogP contribution in [0.2, 0.25) is 0 Å². The van der Waals surface area contributed by atoms with Crippen LogP contribution in [0.1, 0.15) is 36.6 Å². The van der Waals surface area contributed by atoms with Crippen LogP contribution < -0.4 is 15.4 Å². The molecule has 0 aliphatic heterocycles. The number of allylic oxidation sites excluding steroid dienone is 1. The Balaban J connectivity index is 2.16. The molecule has 0 radical (unpaired) electrons. The Morgan fingerprint density at radius 1 is 1.24 bits per heavy atom. The molecule has 0 bridgehead atoms. The Hall–Kier alpha value is -3.48. The van der Waals surface area contributed by atoms with Crippen LogP contribution in [-0.2, 0) is 4.79 Å². The second-order valence-corrected chi connectivity index (χ2v) is 8.19. The molecule has 6 heteroatoms. The topological polar surface area (TPSA) is 51.2 Å². The zero-order valence-corrected chi connectivity index (χ0v) is 20.1. The zero-order valence-electron chi connectivity index (χ0n) is 18.9. The maximum absolute atomic E-state index is 14.7. The Morgan fingerprint density at radius 2 is 2.03 bits per heavy atom. The quantitative estimate of drug-likeness (QED) is 0.374. The Bertz CT molecular complexity index is 1260. The normalized spacial score (nSPS) is 11.1. The molecule has 4 nitrogen and oxygen atoms in total. The molecular formula is C27H26FN2O2P. The second kappa shape index (κ2) is 10.9. The first kappa shape index (κ1) is 24.2. The van der Waals surface area contributed by atoms with Crippen molar-refractivity contribution in [2.75, 3.05) is 12.4 Å². The maximum atomic E-state index is 14.7. The number of unbranched alkanes of at least 4 members (excludes halogenated alkanes) is 1. The number of amides is 1. The van der Waals surface area contributed by atoms with Gasteiger partial charge in [-0.1, -0.05) is 31.6 Å². The van der Waals surface area contributed by atoms with Gasteiger partial charge in [0, 0.05) is 34.3 Å². The van der Waals surface area contributed by atoms with Crippen molar-refractivity contribution in [1.29, 1.82) is 0 Å². The molecule has 0 fully saturated rings. The summed E-state index contributed by atoms with van der Waals surface area (Å²) < 4.78 is 20.1. The highest BCUT2D eigenvalue weighted by molar-refractivity contribution is 7.27. The van der Waals surface area contributed by atoms with Gasteiger partial charge in [-0.15, -0.1) is 15.7 Å². The van der Waals surface area contributed by atoms with Crippen LogP contribution >= 0.6 is 9.24 Å². The van der Waals surface area contributed by atoms with Gasteiger partial charge in [0.25, 0.3) is 5.91 Å². The number of carbonyl (C=O) groups is 1. The van der Waals surface area contributed by atoms with Crippen LogP contribution in [0.25, 0.3) is 16.7 Å². The van der Waals surface area contributed by atoms with Crippen molar-refractivity contribution < 1.29 is 13.9 Å². The highest BCUT2D eigenvalue weighted by Crippen LogP contribution is 2.36. The zero-order chi connectivity index (χ0) is 24.0. The van der Waals surface area contributed by atoms with Gasteiger partial charge in [0.05, 0.1) is 7.11 Å². The Morgan fingerprint density at radius 3 is 2.73 bits per heavy atom. The third-order valence-electron chi connectivity index (χ3n) is 5.16. The third-order valence-corrected chi connectivity index (χ3v) is 5.49. The van der Waals surface area contributed by atoms with Crippen molar-refractivity contribution in [3.8, 4) is 29.2 Å². The predicted molar refractivity (Wildman–Crippen MR) is 136 cm³/mol. The SMILES string of the molecule is C#CC(=O)Nc1cccc(-c2cnc(C)c(/C(=C\CCC)c3cc(P)cc(F)c3OC)c2)c1. The van der Waals surface area contributed by atoms with E-state index in [1.807, 2.05) is 43.2 Å². The molecule has 0 spiro atoms. The molecule has 1 N–H and O–H groups in total. The first-order valence-corrected chi connectivity index (χ1v) is 11.1. The lowest BCUT2D eigenvalue weighted by Crippen LogP contribution is -2.07. The van der Waals surface area contributed by atoms with Crippen molar-refractivity contribution >= 4 is 31.7 Å². The van der Waals surface area contributed by atoms with Crippen LogP contribution in [0, 0.1) is 25.1 Å². The van der Waals surface area contributed by atoms with Crippen molar-refractivity contribution in [3.05, 3.63) is 77.4 Å². The fraction of sp³-hybridized carbons (Fsp3) is 0.185. The van der Waals surface area contributed by atoms with E-state index in [4.69, 9.17) is 11.2 Å². The summed E-state index contributed by atoms with van der Waals surface area (Å²) in [5.41, 5.74) is 5.55. The average molecular weight is 460 g/mol. The number of hydrogen-bond donors (Lipinski definition) is 1. The Kier molecular flexibility index (Phi) is 7.98. The van der Waals surface area contributed by atoms with E-state index in [1.165, 1.54) is 13.2 Å². The molecule has 0 saturated heterocycles. The number of pyridine rings is 1. The Labute approximate surface area is 196 Å². The van der Waals surface area contributed by atoms with Crippen LogP contribution in [-0.4, -0.2) is 18.0 Å². The maximum Gasteiger partial charge on any atom is 0.300 e. The van der Waals surface area contributed by atoms with Gasteiger partial charge < -0.3 is 10.1 Å².